The van der Waals surface area contributed by atoms with Crippen LogP contribution in [0.3, 0.4) is 0 Å². The van der Waals surface area contributed by atoms with Crippen LogP contribution in [0, 0.1) is 11.3 Å². The van der Waals surface area contributed by atoms with Crippen LogP contribution in [-0.2, 0) is 12.8 Å². The van der Waals surface area contributed by atoms with E-state index in [0.717, 1.165) is 9.58 Å². The van der Waals surface area contributed by atoms with Crippen molar-refractivity contribution in [2.45, 2.75) is 19.1 Å². The summed E-state index contributed by atoms with van der Waals surface area (Å²) in [6, 6.07) is 10.4. The number of hydrogen-bond acceptors (Lipinski definition) is 6. The van der Waals surface area contributed by atoms with Crippen LogP contribution in [0.25, 0.3) is 5.69 Å². The Bertz CT molecular complexity index is 1330. The average Bonchev–Trinajstić information content (AvgIpc) is 3.32. The highest BCUT2D eigenvalue weighted by Gasteiger charge is 2.43. The second-order valence-corrected chi connectivity index (χ2v) is 7.06. The summed E-state index contributed by atoms with van der Waals surface area (Å²) in [4.78, 5) is 14.1. The highest BCUT2D eigenvalue weighted by atomic mass is 19.4. The molecule has 4 rings (SSSR count). The number of carbonyl (C=O) groups excluding carboxylic acids is 1. The van der Waals surface area contributed by atoms with E-state index >= 15 is 0 Å². The number of nitrogens with zero attached hydrogens (tertiary/aromatic N) is 4. The van der Waals surface area contributed by atoms with Gasteiger partial charge in [0.1, 0.15) is 11.6 Å². The van der Waals surface area contributed by atoms with Crippen LogP contribution in [0.1, 0.15) is 27.3 Å². The van der Waals surface area contributed by atoms with Crippen LogP contribution < -0.4 is 14.4 Å². The van der Waals surface area contributed by atoms with Crippen LogP contribution in [0.4, 0.5) is 27.6 Å². The van der Waals surface area contributed by atoms with Crippen molar-refractivity contribution in [2.75, 3.05) is 11.9 Å². The van der Waals surface area contributed by atoms with Crippen LogP contribution in [-0.4, -0.2) is 34.1 Å². The number of benzene rings is 2. The Morgan fingerprint density at radius 1 is 1.21 bits per heavy atom. The number of alkyl halides is 5. The zero-order valence-corrected chi connectivity index (χ0v) is 17.1. The van der Waals surface area contributed by atoms with Crippen molar-refractivity contribution >= 4 is 11.6 Å². The molecule has 1 aliphatic rings. The number of rotatable bonds is 4. The van der Waals surface area contributed by atoms with Gasteiger partial charge in [-0.2, -0.15) is 23.5 Å². The van der Waals surface area contributed by atoms with Gasteiger partial charge in [0.25, 0.3) is 5.91 Å². The van der Waals surface area contributed by atoms with Gasteiger partial charge in [0.2, 0.25) is 0 Å². The summed E-state index contributed by atoms with van der Waals surface area (Å²) in [6.07, 6.45) is -8.77. The monoisotopic (exact) mass is 480 g/mol. The fourth-order valence-corrected chi connectivity index (χ4v) is 3.36. The first-order valence-corrected chi connectivity index (χ1v) is 9.43. The van der Waals surface area contributed by atoms with Crippen molar-refractivity contribution in [3.8, 4) is 23.3 Å². The van der Waals surface area contributed by atoms with Crippen molar-refractivity contribution < 1.29 is 41.3 Å². The molecule has 0 atom stereocenters. The Hall–Kier alpha value is -4.18. The summed E-state index contributed by atoms with van der Waals surface area (Å²) in [7, 11) is 1.35. The first kappa shape index (κ1) is 23.0. The van der Waals surface area contributed by atoms with Crippen molar-refractivity contribution in [1.29, 1.82) is 5.26 Å². The van der Waals surface area contributed by atoms with Crippen molar-refractivity contribution in [3.63, 3.8) is 0 Å². The third-order valence-corrected chi connectivity index (χ3v) is 4.93. The summed E-state index contributed by atoms with van der Waals surface area (Å²) in [5, 5.41) is 22.2. The lowest BCUT2D eigenvalue weighted by Gasteiger charge is -2.18. The maximum atomic E-state index is 13.3. The maximum Gasteiger partial charge on any atom is 0.586 e. The fraction of sp³-hybridized carbons (Fsp3) is 0.190. The lowest BCUT2D eigenvalue weighted by Crippen LogP contribution is -2.26. The number of carbonyl (C=O) groups is 1. The summed E-state index contributed by atoms with van der Waals surface area (Å²) in [5.74, 6) is -1.12. The molecule has 176 valence electrons. The highest BCUT2D eigenvalue weighted by Crippen LogP contribution is 2.43. The number of aliphatic hydroxyl groups is 1. The van der Waals surface area contributed by atoms with Gasteiger partial charge in [-0.3, -0.25) is 4.79 Å². The first-order valence-electron chi connectivity index (χ1n) is 9.43. The molecule has 3 aromatic rings. The van der Waals surface area contributed by atoms with E-state index in [0.29, 0.717) is 0 Å². The van der Waals surface area contributed by atoms with E-state index in [-0.39, 0.29) is 28.4 Å². The summed E-state index contributed by atoms with van der Waals surface area (Å²) in [5.41, 5.74) is -2.53. The zero-order valence-electron chi connectivity index (χ0n) is 17.1. The maximum absolute atomic E-state index is 13.3. The first-order chi connectivity index (χ1) is 15.9. The number of nitriles is 1. The number of ether oxygens (including phenoxy) is 2. The Labute approximate surface area is 187 Å². The third kappa shape index (κ3) is 3.99. The summed E-state index contributed by atoms with van der Waals surface area (Å²) < 4.78 is 75.8. The molecule has 0 bridgehead atoms. The van der Waals surface area contributed by atoms with Crippen molar-refractivity contribution in [3.05, 3.63) is 65.0 Å². The molecule has 0 spiro atoms. The molecule has 34 heavy (non-hydrogen) atoms. The minimum Gasteiger partial charge on any atom is -0.395 e. The lowest BCUT2D eigenvalue weighted by atomic mass is 10.1. The topological polar surface area (TPSA) is 101 Å². The van der Waals surface area contributed by atoms with Crippen LogP contribution in [0.5, 0.6) is 11.5 Å². The number of aromatic nitrogens is 2. The molecule has 0 radical (unpaired) electrons. The molecule has 1 N–H and O–H groups in total. The Morgan fingerprint density at radius 2 is 1.91 bits per heavy atom. The molecule has 2 heterocycles. The molecule has 0 saturated heterocycles. The molecular weight excluding hydrogens is 467 g/mol. The molecule has 1 aliphatic heterocycles. The standard InChI is InChI=1S/C21H13F5N4O4/c1-29(12-5-6-16-17(8-12)34-21(25,26)33-16)19(32)11-3-2-4-13(7-11)30-15(10-31)14(9-27)18(28-30)20(22,23)24/h2-8,31H,10H2,1H3. The van der Waals surface area contributed by atoms with Crippen molar-refractivity contribution in [1.82, 2.24) is 9.78 Å². The van der Waals surface area contributed by atoms with E-state index in [4.69, 9.17) is 5.26 Å². The second-order valence-electron chi connectivity index (χ2n) is 7.06. The van der Waals surface area contributed by atoms with Crippen LogP contribution >= 0.6 is 0 Å². The fourth-order valence-electron chi connectivity index (χ4n) is 3.36. The molecule has 8 nitrogen and oxygen atoms in total. The molecule has 1 aromatic heterocycles. The normalized spacial score (nSPS) is 14.1. The van der Waals surface area contributed by atoms with Crippen LogP contribution in [0.15, 0.2) is 42.5 Å². The summed E-state index contributed by atoms with van der Waals surface area (Å²) >= 11 is 0. The van der Waals surface area contributed by atoms with Gasteiger partial charge in [0.05, 0.1) is 18.0 Å². The zero-order chi connectivity index (χ0) is 24.8. The number of fused-ring (bicyclic) bond motifs is 1. The van der Waals surface area contributed by atoms with Gasteiger partial charge in [-0.25, -0.2) is 4.68 Å². The van der Waals surface area contributed by atoms with E-state index in [1.807, 2.05) is 0 Å². The molecule has 1 amide bonds. The number of hydrogen-bond donors (Lipinski definition) is 1. The van der Waals surface area contributed by atoms with Gasteiger partial charge < -0.3 is 19.5 Å². The lowest BCUT2D eigenvalue weighted by molar-refractivity contribution is -0.286. The van der Waals surface area contributed by atoms with E-state index in [9.17, 15) is 31.9 Å². The van der Waals surface area contributed by atoms with Crippen molar-refractivity contribution in [2.24, 2.45) is 0 Å². The van der Waals surface area contributed by atoms with Gasteiger partial charge in [-0.1, -0.05) is 6.07 Å². The third-order valence-electron chi connectivity index (χ3n) is 4.93. The van der Waals surface area contributed by atoms with E-state index in [1.165, 1.54) is 55.6 Å². The van der Waals surface area contributed by atoms with Gasteiger partial charge in [0.15, 0.2) is 17.2 Å². The van der Waals surface area contributed by atoms with Gasteiger partial charge in [-0.15, -0.1) is 8.78 Å². The average molecular weight is 480 g/mol. The number of halogens is 5. The number of anilines is 1. The Kier molecular flexibility index (Phi) is 5.41. The van der Waals surface area contributed by atoms with E-state index < -0.39 is 41.9 Å². The smallest absolute Gasteiger partial charge is 0.395 e. The predicted octanol–water partition coefficient (Wildman–Crippen LogP) is 3.85. The molecule has 0 aliphatic carbocycles. The van der Waals surface area contributed by atoms with Gasteiger partial charge in [-0.05, 0) is 30.3 Å². The minimum atomic E-state index is -4.94. The minimum absolute atomic E-state index is 0.00875. The number of amides is 1. The molecule has 13 heteroatoms. The molecule has 0 unspecified atom stereocenters. The summed E-state index contributed by atoms with van der Waals surface area (Å²) in [6.45, 7) is -0.911. The molecule has 2 aromatic carbocycles. The Balaban J connectivity index is 1.69. The van der Waals surface area contributed by atoms with Gasteiger partial charge in [0, 0.05) is 24.4 Å². The second kappa shape index (κ2) is 7.99. The highest BCUT2D eigenvalue weighted by molar-refractivity contribution is 6.06. The largest absolute Gasteiger partial charge is 0.586 e. The van der Waals surface area contributed by atoms with E-state index in [2.05, 4.69) is 14.6 Å². The molecular formula is C21H13F5N4O4. The predicted molar refractivity (Wildman–Crippen MR) is 105 cm³/mol. The van der Waals surface area contributed by atoms with E-state index in [1.54, 1.807) is 0 Å². The van der Waals surface area contributed by atoms with Crippen LogP contribution in [0.2, 0.25) is 0 Å². The SMILES string of the molecule is CN(C(=O)c1cccc(-n2nc(C(F)(F)F)c(C#N)c2CO)c1)c1ccc2c(c1)OC(F)(F)O2. The Morgan fingerprint density at radius 3 is 2.56 bits per heavy atom. The molecule has 0 fully saturated rings. The molecule has 0 saturated carbocycles. The van der Waals surface area contributed by atoms with Gasteiger partial charge >= 0.3 is 12.5 Å². The quantitative estimate of drug-likeness (QED) is 0.570. The number of aliphatic hydroxyl groups excluding tert-OH is 1.